The van der Waals surface area contributed by atoms with Crippen molar-refractivity contribution in [1.29, 1.82) is 0 Å². The van der Waals surface area contributed by atoms with E-state index in [1.165, 1.54) is 31.7 Å². The standard InChI is InChI=1S/C16H22FNO/c1-19-16-13(7-4-8-14(16)17)12-9-15(18-10-12)11-5-2-3-6-11/h4,7-8,11-12,15,18H,2-3,5-6,9-10H2,1H3. The quantitative estimate of drug-likeness (QED) is 0.901. The molecule has 2 fully saturated rings. The van der Waals surface area contributed by atoms with Gasteiger partial charge >= 0.3 is 0 Å². The van der Waals surface area contributed by atoms with Gasteiger partial charge in [-0.1, -0.05) is 25.0 Å². The van der Waals surface area contributed by atoms with E-state index >= 15 is 0 Å². The average molecular weight is 263 g/mol. The fourth-order valence-corrected chi connectivity index (χ4v) is 3.78. The highest BCUT2D eigenvalue weighted by Crippen LogP contribution is 2.39. The van der Waals surface area contributed by atoms with Gasteiger partial charge in [0.15, 0.2) is 11.6 Å². The third-order valence-corrected chi connectivity index (χ3v) is 4.78. The Labute approximate surface area is 114 Å². The van der Waals surface area contributed by atoms with Gasteiger partial charge < -0.3 is 10.1 Å². The van der Waals surface area contributed by atoms with E-state index < -0.39 is 0 Å². The first-order chi connectivity index (χ1) is 9.29. The van der Waals surface area contributed by atoms with Gasteiger partial charge in [0.25, 0.3) is 0 Å². The molecular formula is C16H22FNO. The van der Waals surface area contributed by atoms with E-state index in [2.05, 4.69) is 5.32 Å². The molecule has 0 spiro atoms. The molecule has 2 atom stereocenters. The van der Waals surface area contributed by atoms with E-state index in [0.717, 1.165) is 24.4 Å². The fraction of sp³-hybridized carbons (Fsp3) is 0.625. The average Bonchev–Trinajstić information content (AvgIpc) is 3.09. The third kappa shape index (κ3) is 2.48. The molecule has 2 unspecified atom stereocenters. The molecule has 104 valence electrons. The number of rotatable bonds is 3. The van der Waals surface area contributed by atoms with Crippen LogP contribution < -0.4 is 10.1 Å². The van der Waals surface area contributed by atoms with E-state index in [-0.39, 0.29) is 5.82 Å². The molecule has 1 aliphatic heterocycles. The Morgan fingerprint density at radius 1 is 1.26 bits per heavy atom. The normalized spacial score (nSPS) is 27.9. The molecule has 1 saturated carbocycles. The monoisotopic (exact) mass is 263 g/mol. The lowest BCUT2D eigenvalue weighted by Gasteiger charge is -2.18. The number of para-hydroxylation sites is 1. The van der Waals surface area contributed by atoms with E-state index in [4.69, 9.17) is 4.74 Å². The van der Waals surface area contributed by atoms with Crippen molar-refractivity contribution in [1.82, 2.24) is 5.32 Å². The second-order valence-corrected chi connectivity index (χ2v) is 5.85. The summed E-state index contributed by atoms with van der Waals surface area (Å²) in [6.45, 7) is 0.945. The number of hydrogen-bond donors (Lipinski definition) is 1. The number of benzene rings is 1. The predicted molar refractivity (Wildman–Crippen MR) is 74.1 cm³/mol. The van der Waals surface area contributed by atoms with Crippen LogP contribution in [0.4, 0.5) is 4.39 Å². The lowest BCUT2D eigenvalue weighted by molar-refractivity contribution is 0.375. The van der Waals surface area contributed by atoms with Crippen LogP contribution in [0.25, 0.3) is 0 Å². The van der Waals surface area contributed by atoms with Gasteiger partial charge in [-0.2, -0.15) is 0 Å². The first-order valence-corrected chi connectivity index (χ1v) is 7.35. The van der Waals surface area contributed by atoms with Crippen LogP contribution in [0.2, 0.25) is 0 Å². The molecular weight excluding hydrogens is 241 g/mol. The minimum atomic E-state index is -0.246. The summed E-state index contributed by atoms with van der Waals surface area (Å²) in [5, 5.41) is 3.64. The maximum atomic E-state index is 13.8. The number of methoxy groups -OCH3 is 1. The van der Waals surface area contributed by atoms with E-state index in [1.807, 2.05) is 6.07 Å². The lowest BCUT2D eigenvalue weighted by atomic mass is 9.90. The Morgan fingerprint density at radius 2 is 2.05 bits per heavy atom. The van der Waals surface area contributed by atoms with Crippen molar-refractivity contribution >= 4 is 0 Å². The molecule has 1 aromatic rings. The van der Waals surface area contributed by atoms with Gasteiger partial charge in [0.1, 0.15) is 0 Å². The van der Waals surface area contributed by atoms with Gasteiger partial charge in [0, 0.05) is 24.1 Å². The van der Waals surface area contributed by atoms with Crippen LogP contribution >= 0.6 is 0 Å². The molecule has 19 heavy (non-hydrogen) atoms. The van der Waals surface area contributed by atoms with E-state index in [0.29, 0.717) is 17.7 Å². The Morgan fingerprint density at radius 3 is 2.79 bits per heavy atom. The number of ether oxygens (including phenoxy) is 1. The Hall–Kier alpha value is -1.09. The molecule has 1 N–H and O–H groups in total. The van der Waals surface area contributed by atoms with Gasteiger partial charge in [-0.25, -0.2) is 4.39 Å². The van der Waals surface area contributed by atoms with Gasteiger partial charge in [0.05, 0.1) is 7.11 Å². The highest BCUT2D eigenvalue weighted by Gasteiger charge is 2.33. The summed E-state index contributed by atoms with van der Waals surface area (Å²) in [6.07, 6.45) is 6.56. The van der Waals surface area contributed by atoms with Crippen LogP contribution in [-0.4, -0.2) is 19.7 Å². The second-order valence-electron chi connectivity index (χ2n) is 5.85. The molecule has 0 bridgehead atoms. The summed E-state index contributed by atoms with van der Waals surface area (Å²) in [5.74, 6) is 1.39. The molecule has 3 heteroatoms. The molecule has 1 aromatic carbocycles. The minimum absolute atomic E-state index is 0.246. The van der Waals surface area contributed by atoms with Crippen molar-refractivity contribution < 1.29 is 9.13 Å². The van der Waals surface area contributed by atoms with Gasteiger partial charge in [0.2, 0.25) is 0 Å². The van der Waals surface area contributed by atoms with Crippen LogP contribution in [0.3, 0.4) is 0 Å². The lowest BCUT2D eigenvalue weighted by Crippen LogP contribution is -2.28. The summed E-state index contributed by atoms with van der Waals surface area (Å²) in [6, 6.07) is 5.88. The van der Waals surface area contributed by atoms with Crippen LogP contribution in [0.1, 0.15) is 43.6 Å². The van der Waals surface area contributed by atoms with Crippen LogP contribution in [-0.2, 0) is 0 Å². The van der Waals surface area contributed by atoms with Crippen molar-refractivity contribution in [2.24, 2.45) is 5.92 Å². The van der Waals surface area contributed by atoms with Gasteiger partial charge in [-0.05, 0) is 31.2 Å². The number of nitrogens with one attached hydrogen (secondary N) is 1. The predicted octanol–water partition coefficient (Wildman–Crippen LogP) is 3.47. The molecule has 1 aliphatic carbocycles. The molecule has 2 aliphatic rings. The zero-order chi connectivity index (χ0) is 13.2. The van der Waals surface area contributed by atoms with Crippen molar-refractivity contribution in [3.63, 3.8) is 0 Å². The molecule has 0 amide bonds. The molecule has 0 radical (unpaired) electrons. The fourth-order valence-electron chi connectivity index (χ4n) is 3.78. The molecule has 1 heterocycles. The molecule has 0 aromatic heterocycles. The summed E-state index contributed by atoms with van der Waals surface area (Å²) >= 11 is 0. The smallest absolute Gasteiger partial charge is 0.165 e. The first kappa shape index (κ1) is 12.9. The summed E-state index contributed by atoms with van der Waals surface area (Å²) in [7, 11) is 1.55. The Balaban J connectivity index is 1.75. The van der Waals surface area contributed by atoms with Crippen LogP contribution in [0.5, 0.6) is 5.75 Å². The highest BCUT2D eigenvalue weighted by atomic mass is 19.1. The summed E-state index contributed by atoms with van der Waals surface area (Å²) in [4.78, 5) is 0. The maximum Gasteiger partial charge on any atom is 0.165 e. The van der Waals surface area contributed by atoms with Crippen molar-refractivity contribution in [3.8, 4) is 5.75 Å². The van der Waals surface area contributed by atoms with E-state index in [9.17, 15) is 4.39 Å². The van der Waals surface area contributed by atoms with Crippen molar-refractivity contribution in [3.05, 3.63) is 29.6 Å². The van der Waals surface area contributed by atoms with Gasteiger partial charge in [-0.3, -0.25) is 0 Å². The SMILES string of the molecule is COc1c(F)cccc1C1CNC(C2CCCC2)C1. The summed E-state index contributed by atoms with van der Waals surface area (Å²) in [5.41, 5.74) is 1.02. The van der Waals surface area contributed by atoms with E-state index in [1.54, 1.807) is 13.2 Å². The molecule has 3 rings (SSSR count). The van der Waals surface area contributed by atoms with Crippen LogP contribution in [0.15, 0.2) is 18.2 Å². The highest BCUT2D eigenvalue weighted by molar-refractivity contribution is 5.38. The van der Waals surface area contributed by atoms with Crippen LogP contribution in [0, 0.1) is 11.7 Å². The Kier molecular flexibility index (Phi) is 3.74. The number of halogens is 1. The largest absolute Gasteiger partial charge is 0.493 e. The van der Waals surface area contributed by atoms with Crippen molar-refractivity contribution in [2.75, 3.05) is 13.7 Å². The summed E-state index contributed by atoms with van der Waals surface area (Å²) < 4.78 is 19.0. The number of hydrogen-bond acceptors (Lipinski definition) is 2. The minimum Gasteiger partial charge on any atom is -0.493 e. The Bertz CT molecular complexity index is 442. The zero-order valence-corrected chi connectivity index (χ0v) is 11.5. The topological polar surface area (TPSA) is 21.3 Å². The molecule has 1 saturated heterocycles. The van der Waals surface area contributed by atoms with Gasteiger partial charge in [-0.15, -0.1) is 0 Å². The first-order valence-electron chi connectivity index (χ1n) is 7.35. The second kappa shape index (κ2) is 5.49. The molecule has 2 nitrogen and oxygen atoms in total. The maximum absolute atomic E-state index is 13.8. The zero-order valence-electron chi connectivity index (χ0n) is 11.5. The third-order valence-electron chi connectivity index (χ3n) is 4.78. The van der Waals surface area contributed by atoms with Crippen molar-refractivity contribution in [2.45, 2.75) is 44.1 Å².